The Balaban J connectivity index is 2.52. The highest BCUT2D eigenvalue weighted by Gasteiger charge is 2.07. The normalized spacial score (nSPS) is 11.9. The van der Waals surface area contributed by atoms with Crippen LogP contribution in [0.3, 0.4) is 0 Å². The molecule has 2 aromatic rings. The molecule has 2 heterocycles. The zero-order valence-corrected chi connectivity index (χ0v) is 9.73. The summed E-state index contributed by atoms with van der Waals surface area (Å²) in [5.74, 6) is 0.967. The van der Waals surface area contributed by atoms with E-state index in [0.29, 0.717) is 11.8 Å². The predicted molar refractivity (Wildman–Crippen MR) is 61.2 cm³/mol. The second-order valence-corrected chi connectivity index (χ2v) is 4.58. The highest BCUT2D eigenvalue weighted by molar-refractivity contribution is 5.49. The fraction of sp³-hybridized carbons (Fsp3) is 0.500. The van der Waals surface area contributed by atoms with E-state index in [9.17, 15) is 0 Å². The summed E-state index contributed by atoms with van der Waals surface area (Å²) in [6.45, 7) is 8.64. The van der Waals surface area contributed by atoms with Gasteiger partial charge in [0.25, 0.3) is 0 Å². The second kappa shape index (κ2) is 3.65. The number of rotatable bonds is 2. The van der Waals surface area contributed by atoms with Gasteiger partial charge in [-0.2, -0.15) is 14.8 Å². The maximum atomic E-state index is 4.42. The maximum absolute atomic E-state index is 4.42. The van der Waals surface area contributed by atoms with Crippen LogP contribution in [0.1, 0.15) is 50.8 Å². The van der Waals surface area contributed by atoms with Gasteiger partial charge in [0, 0.05) is 0 Å². The van der Waals surface area contributed by atoms with Crippen LogP contribution < -0.4 is 0 Å². The third kappa shape index (κ3) is 1.87. The minimum Gasteiger partial charge on any atom is -0.158 e. The molecule has 0 unspecified atom stereocenters. The first-order valence-corrected chi connectivity index (χ1v) is 5.44. The minimum atomic E-state index is 0.453. The van der Waals surface area contributed by atoms with Gasteiger partial charge in [-0.3, -0.25) is 0 Å². The summed E-state index contributed by atoms with van der Waals surface area (Å²) in [5.41, 5.74) is 3.45. The Kier molecular flexibility index (Phi) is 2.47. The second-order valence-electron chi connectivity index (χ2n) is 4.58. The van der Waals surface area contributed by atoms with Crippen LogP contribution in [-0.2, 0) is 0 Å². The fourth-order valence-electron chi connectivity index (χ4n) is 1.52. The first-order valence-electron chi connectivity index (χ1n) is 5.44. The number of nitrogens with zero attached hydrogens (tertiary/aromatic N) is 3. The molecule has 0 aliphatic heterocycles. The molecule has 0 spiro atoms. The quantitative estimate of drug-likeness (QED) is 0.751. The van der Waals surface area contributed by atoms with Gasteiger partial charge in [-0.1, -0.05) is 27.7 Å². The van der Waals surface area contributed by atoms with Crippen LogP contribution in [0.5, 0.6) is 0 Å². The molecule has 0 aromatic carbocycles. The van der Waals surface area contributed by atoms with Crippen LogP contribution in [0.25, 0.3) is 5.52 Å². The monoisotopic (exact) mass is 203 g/mol. The number of fused-ring (bicyclic) bond motifs is 1. The lowest BCUT2D eigenvalue weighted by Crippen LogP contribution is -1.97. The Bertz CT molecular complexity index is 463. The van der Waals surface area contributed by atoms with Crippen molar-refractivity contribution in [1.82, 2.24) is 14.8 Å². The summed E-state index contributed by atoms with van der Waals surface area (Å²) in [4.78, 5) is 0. The Hall–Kier alpha value is -1.38. The van der Waals surface area contributed by atoms with Gasteiger partial charge in [0.2, 0.25) is 0 Å². The third-order valence-corrected chi connectivity index (χ3v) is 2.63. The zero-order valence-electron chi connectivity index (χ0n) is 9.73. The SMILES string of the molecule is CC(C)c1cnn2nc(C(C)C)cc2c1. The molecule has 2 rings (SSSR count). The molecule has 0 atom stereocenters. The van der Waals surface area contributed by atoms with Gasteiger partial charge in [0.05, 0.1) is 17.4 Å². The maximum Gasteiger partial charge on any atom is 0.0879 e. The molecule has 0 amide bonds. The molecule has 15 heavy (non-hydrogen) atoms. The van der Waals surface area contributed by atoms with E-state index < -0.39 is 0 Å². The topological polar surface area (TPSA) is 30.2 Å². The van der Waals surface area contributed by atoms with Crippen molar-refractivity contribution < 1.29 is 0 Å². The molecule has 0 N–H and O–H groups in total. The summed E-state index contributed by atoms with van der Waals surface area (Å²) in [6, 6.07) is 4.28. The molecule has 0 radical (unpaired) electrons. The van der Waals surface area contributed by atoms with E-state index in [-0.39, 0.29) is 0 Å². The molecule has 80 valence electrons. The van der Waals surface area contributed by atoms with E-state index in [1.165, 1.54) is 5.56 Å². The summed E-state index contributed by atoms with van der Waals surface area (Å²) < 4.78 is 1.71. The van der Waals surface area contributed by atoms with Crippen molar-refractivity contribution in [2.24, 2.45) is 0 Å². The summed E-state index contributed by atoms with van der Waals surface area (Å²) in [6.07, 6.45) is 1.90. The molecule has 0 fully saturated rings. The van der Waals surface area contributed by atoms with Crippen molar-refractivity contribution >= 4 is 5.52 Å². The van der Waals surface area contributed by atoms with E-state index in [1.54, 1.807) is 4.63 Å². The van der Waals surface area contributed by atoms with E-state index >= 15 is 0 Å². The van der Waals surface area contributed by atoms with E-state index in [2.05, 4.69) is 50.0 Å². The van der Waals surface area contributed by atoms with Gasteiger partial charge >= 0.3 is 0 Å². The van der Waals surface area contributed by atoms with E-state index in [0.717, 1.165) is 11.2 Å². The molecular weight excluding hydrogens is 186 g/mol. The molecule has 2 aromatic heterocycles. The van der Waals surface area contributed by atoms with E-state index in [4.69, 9.17) is 0 Å². The van der Waals surface area contributed by atoms with Crippen molar-refractivity contribution in [2.75, 3.05) is 0 Å². The average molecular weight is 203 g/mol. The largest absolute Gasteiger partial charge is 0.158 e. The number of hydrogen-bond donors (Lipinski definition) is 0. The zero-order chi connectivity index (χ0) is 11.0. The first kappa shape index (κ1) is 10.1. The third-order valence-electron chi connectivity index (χ3n) is 2.63. The van der Waals surface area contributed by atoms with Crippen LogP contribution >= 0.6 is 0 Å². The lowest BCUT2D eigenvalue weighted by atomic mass is 10.1. The van der Waals surface area contributed by atoms with Crippen LogP contribution in [0.4, 0.5) is 0 Å². The summed E-state index contributed by atoms with van der Waals surface area (Å²) in [7, 11) is 0. The van der Waals surface area contributed by atoms with Gasteiger partial charge in [-0.25, -0.2) is 0 Å². The van der Waals surface area contributed by atoms with E-state index in [1.807, 2.05) is 6.20 Å². The number of hydrogen-bond acceptors (Lipinski definition) is 2. The standard InChI is InChI=1S/C12H17N3/c1-8(2)10-5-11-6-12(9(3)4)14-15(11)13-7-10/h5-9H,1-4H3. The molecular formula is C12H17N3. The number of aromatic nitrogens is 3. The van der Waals surface area contributed by atoms with Crippen molar-refractivity contribution in [2.45, 2.75) is 39.5 Å². The Labute approximate surface area is 90.1 Å². The molecule has 3 heteroatoms. The van der Waals surface area contributed by atoms with Crippen molar-refractivity contribution in [3.63, 3.8) is 0 Å². The fourth-order valence-corrected chi connectivity index (χ4v) is 1.52. The van der Waals surface area contributed by atoms with Crippen molar-refractivity contribution in [1.29, 1.82) is 0 Å². The van der Waals surface area contributed by atoms with Crippen LogP contribution in [0.15, 0.2) is 18.3 Å². The molecule has 0 saturated carbocycles. The molecule has 0 aliphatic carbocycles. The van der Waals surface area contributed by atoms with Gasteiger partial charge in [-0.05, 0) is 29.5 Å². The Morgan fingerprint density at radius 1 is 1.07 bits per heavy atom. The Morgan fingerprint density at radius 3 is 2.40 bits per heavy atom. The summed E-state index contributed by atoms with van der Waals surface area (Å²) >= 11 is 0. The van der Waals surface area contributed by atoms with Gasteiger partial charge in [-0.15, -0.1) is 0 Å². The van der Waals surface area contributed by atoms with Crippen LogP contribution in [0.2, 0.25) is 0 Å². The van der Waals surface area contributed by atoms with Gasteiger partial charge in [0.1, 0.15) is 0 Å². The summed E-state index contributed by atoms with van der Waals surface area (Å²) in [5, 5.41) is 8.73. The Morgan fingerprint density at radius 2 is 1.80 bits per heavy atom. The molecule has 3 nitrogen and oxygen atoms in total. The molecule has 0 aliphatic rings. The van der Waals surface area contributed by atoms with Gasteiger partial charge < -0.3 is 0 Å². The minimum absolute atomic E-state index is 0.453. The lowest BCUT2D eigenvalue weighted by molar-refractivity contribution is 0.724. The molecule has 0 bridgehead atoms. The molecule has 0 saturated heterocycles. The van der Waals surface area contributed by atoms with Crippen molar-refractivity contribution in [3.05, 3.63) is 29.6 Å². The van der Waals surface area contributed by atoms with Gasteiger partial charge in [0.15, 0.2) is 0 Å². The highest BCUT2D eigenvalue weighted by atomic mass is 15.4. The lowest BCUT2D eigenvalue weighted by Gasteiger charge is -2.03. The van der Waals surface area contributed by atoms with Crippen LogP contribution in [-0.4, -0.2) is 14.8 Å². The highest BCUT2D eigenvalue weighted by Crippen LogP contribution is 2.18. The smallest absolute Gasteiger partial charge is 0.0879 e. The predicted octanol–water partition coefficient (Wildman–Crippen LogP) is 2.98. The van der Waals surface area contributed by atoms with Crippen molar-refractivity contribution in [3.8, 4) is 0 Å². The average Bonchev–Trinajstić information content (AvgIpc) is 2.59. The van der Waals surface area contributed by atoms with Crippen LogP contribution in [0, 0.1) is 0 Å². The first-order chi connectivity index (χ1) is 7.08.